The van der Waals surface area contributed by atoms with Crippen LogP contribution in [-0.2, 0) is 14.8 Å². The summed E-state index contributed by atoms with van der Waals surface area (Å²) in [5.74, 6) is -0.254. The van der Waals surface area contributed by atoms with E-state index in [9.17, 15) is 8.42 Å². The molecular weight excluding hydrogens is 236 g/mol. The van der Waals surface area contributed by atoms with Crippen LogP contribution in [0.2, 0.25) is 0 Å². The van der Waals surface area contributed by atoms with Crippen molar-refractivity contribution in [1.29, 1.82) is 0 Å². The van der Waals surface area contributed by atoms with Crippen LogP contribution in [-0.4, -0.2) is 49.8 Å². The Kier molecular flexibility index (Phi) is 4.45. The van der Waals surface area contributed by atoms with E-state index in [0.29, 0.717) is 13.2 Å². The van der Waals surface area contributed by atoms with Crippen LogP contribution in [0.1, 0.15) is 12.8 Å². The maximum absolute atomic E-state index is 11.8. The van der Waals surface area contributed by atoms with E-state index in [-0.39, 0.29) is 16.8 Å². The Morgan fingerprint density at radius 2 is 2.07 bits per heavy atom. The largest absolute Gasteiger partial charge is 0.392 e. The molecule has 15 heavy (non-hydrogen) atoms. The van der Waals surface area contributed by atoms with Crippen LogP contribution in [0.4, 0.5) is 0 Å². The molecule has 0 aromatic rings. The summed E-state index contributed by atoms with van der Waals surface area (Å²) >= 11 is 4.61. The van der Waals surface area contributed by atoms with Gasteiger partial charge in [-0.25, -0.2) is 12.7 Å². The molecule has 0 bridgehead atoms. The van der Waals surface area contributed by atoms with Gasteiger partial charge in [0.15, 0.2) is 0 Å². The minimum Gasteiger partial charge on any atom is -0.392 e. The third kappa shape index (κ3) is 3.67. The molecule has 1 saturated heterocycles. The zero-order valence-corrected chi connectivity index (χ0v) is 10.3. The second-order valence-electron chi connectivity index (χ2n) is 3.58. The van der Waals surface area contributed by atoms with Gasteiger partial charge in [0.05, 0.1) is 4.99 Å². The number of nitrogens with zero attached hydrogens (tertiary/aromatic N) is 1. The third-order valence-electron chi connectivity index (χ3n) is 2.47. The predicted octanol–water partition coefficient (Wildman–Crippen LogP) is -0.287. The van der Waals surface area contributed by atoms with Gasteiger partial charge in [0.1, 0.15) is 5.75 Å². The van der Waals surface area contributed by atoms with Crippen LogP contribution < -0.4 is 5.73 Å². The van der Waals surface area contributed by atoms with Crippen LogP contribution >= 0.6 is 12.2 Å². The van der Waals surface area contributed by atoms with Crippen molar-refractivity contribution in [1.82, 2.24) is 4.31 Å². The Hall–Kier alpha value is -0.240. The fourth-order valence-electron chi connectivity index (χ4n) is 1.56. The zero-order chi connectivity index (χ0) is 11.5. The quantitative estimate of drug-likeness (QED) is 0.696. The lowest BCUT2D eigenvalue weighted by Gasteiger charge is -2.30. The van der Waals surface area contributed by atoms with Gasteiger partial charge < -0.3 is 10.5 Å². The van der Waals surface area contributed by atoms with Crippen molar-refractivity contribution in [3.63, 3.8) is 0 Å². The second kappa shape index (κ2) is 5.20. The van der Waals surface area contributed by atoms with Crippen LogP contribution in [0, 0.1) is 0 Å². The van der Waals surface area contributed by atoms with E-state index in [1.165, 1.54) is 4.31 Å². The van der Waals surface area contributed by atoms with Crippen LogP contribution in [0.15, 0.2) is 0 Å². The molecule has 0 aromatic heterocycles. The maximum atomic E-state index is 11.8. The lowest BCUT2D eigenvalue weighted by Crippen LogP contribution is -2.43. The number of thiocarbonyl (C=S) groups is 1. The van der Waals surface area contributed by atoms with Crippen molar-refractivity contribution < 1.29 is 13.2 Å². The summed E-state index contributed by atoms with van der Waals surface area (Å²) in [4.78, 5) is 0.00825. The number of hydrogen-bond donors (Lipinski definition) is 1. The van der Waals surface area contributed by atoms with E-state index in [2.05, 4.69) is 12.2 Å². The van der Waals surface area contributed by atoms with Gasteiger partial charge in [-0.1, -0.05) is 12.2 Å². The number of sulfonamides is 1. The van der Waals surface area contributed by atoms with Gasteiger partial charge in [0, 0.05) is 26.3 Å². The Bertz CT molecular complexity index is 323. The molecule has 1 heterocycles. The normalized spacial score (nSPS) is 19.3. The molecule has 0 atom stereocenters. The van der Waals surface area contributed by atoms with Gasteiger partial charge in [0.2, 0.25) is 10.0 Å². The van der Waals surface area contributed by atoms with E-state index in [1.54, 1.807) is 7.05 Å². The third-order valence-corrected chi connectivity index (χ3v) is 4.65. The molecule has 1 aliphatic heterocycles. The first kappa shape index (κ1) is 12.8. The molecule has 0 radical (unpaired) electrons. The van der Waals surface area contributed by atoms with Gasteiger partial charge in [-0.05, 0) is 12.8 Å². The molecule has 1 aliphatic rings. The molecule has 0 unspecified atom stereocenters. The van der Waals surface area contributed by atoms with Crippen molar-refractivity contribution in [2.24, 2.45) is 5.73 Å². The molecule has 88 valence electrons. The molecule has 0 aliphatic carbocycles. The summed E-state index contributed by atoms with van der Waals surface area (Å²) in [6.07, 6.45) is 1.46. The van der Waals surface area contributed by atoms with Crippen molar-refractivity contribution in [3.8, 4) is 0 Å². The summed E-state index contributed by atoms with van der Waals surface area (Å²) in [5, 5.41) is 0. The summed E-state index contributed by atoms with van der Waals surface area (Å²) in [5.41, 5.74) is 5.25. The molecule has 2 N–H and O–H groups in total. The minimum absolute atomic E-state index is 0.00825. The van der Waals surface area contributed by atoms with E-state index in [4.69, 9.17) is 10.5 Å². The van der Waals surface area contributed by atoms with Crippen molar-refractivity contribution >= 4 is 27.2 Å². The minimum atomic E-state index is -3.35. The number of hydrogen-bond acceptors (Lipinski definition) is 4. The second-order valence-corrected chi connectivity index (χ2v) is 6.14. The summed E-state index contributed by atoms with van der Waals surface area (Å²) in [7, 11) is -1.77. The molecule has 5 nitrogen and oxygen atoms in total. The van der Waals surface area contributed by atoms with Gasteiger partial charge >= 0.3 is 0 Å². The SMILES string of the molecule is CN(C1CCOCC1)S(=O)(=O)CC(N)=S. The standard InChI is InChI=1S/C8H16N2O3S2/c1-10(7-2-4-13-5-3-7)15(11,12)6-8(9)14/h7H,2-6H2,1H3,(H2,9,14). The Morgan fingerprint density at radius 3 is 2.53 bits per heavy atom. The van der Waals surface area contributed by atoms with Crippen LogP contribution in [0.5, 0.6) is 0 Å². The highest BCUT2D eigenvalue weighted by Crippen LogP contribution is 2.16. The van der Waals surface area contributed by atoms with Gasteiger partial charge in [-0.2, -0.15) is 0 Å². The van der Waals surface area contributed by atoms with E-state index in [0.717, 1.165) is 12.8 Å². The van der Waals surface area contributed by atoms with E-state index < -0.39 is 10.0 Å². The van der Waals surface area contributed by atoms with Crippen LogP contribution in [0.25, 0.3) is 0 Å². The molecule has 0 saturated carbocycles. The first-order chi connectivity index (χ1) is 6.93. The van der Waals surface area contributed by atoms with E-state index >= 15 is 0 Å². The Labute approximate surface area is 95.6 Å². The fraction of sp³-hybridized carbons (Fsp3) is 0.875. The first-order valence-corrected chi connectivity index (χ1v) is 6.77. The summed E-state index contributed by atoms with van der Waals surface area (Å²) in [6.45, 7) is 1.22. The van der Waals surface area contributed by atoms with E-state index in [1.807, 2.05) is 0 Å². The molecule has 0 spiro atoms. The molecule has 1 rings (SSSR count). The topological polar surface area (TPSA) is 72.6 Å². The molecule has 1 fully saturated rings. The summed E-state index contributed by atoms with van der Waals surface area (Å²) in [6, 6.07) is 0.0121. The molecule has 0 aromatic carbocycles. The molecule has 7 heteroatoms. The van der Waals surface area contributed by atoms with Gasteiger partial charge in [-0.3, -0.25) is 0 Å². The molecule has 0 amide bonds. The maximum Gasteiger partial charge on any atom is 0.220 e. The van der Waals surface area contributed by atoms with Crippen LogP contribution in [0.3, 0.4) is 0 Å². The van der Waals surface area contributed by atoms with Gasteiger partial charge in [-0.15, -0.1) is 0 Å². The predicted molar refractivity (Wildman–Crippen MR) is 62.2 cm³/mol. The summed E-state index contributed by atoms with van der Waals surface area (Å²) < 4.78 is 30.1. The monoisotopic (exact) mass is 252 g/mol. The number of nitrogens with two attached hydrogens (primary N) is 1. The highest BCUT2D eigenvalue weighted by atomic mass is 32.2. The average Bonchev–Trinajstić information content (AvgIpc) is 2.16. The molecular formula is C8H16N2O3S2. The highest BCUT2D eigenvalue weighted by Gasteiger charge is 2.28. The zero-order valence-electron chi connectivity index (χ0n) is 8.68. The Balaban J connectivity index is 2.65. The lowest BCUT2D eigenvalue weighted by atomic mass is 10.1. The lowest BCUT2D eigenvalue weighted by molar-refractivity contribution is 0.0633. The van der Waals surface area contributed by atoms with Crippen molar-refractivity contribution in [2.45, 2.75) is 18.9 Å². The average molecular weight is 252 g/mol. The number of rotatable bonds is 4. The van der Waals surface area contributed by atoms with Gasteiger partial charge in [0.25, 0.3) is 0 Å². The number of ether oxygens (including phenoxy) is 1. The highest BCUT2D eigenvalue weighted by molar-refractivity contribution is 7.92. The first-order valence-electron chi connectivity index (χ1n) is 4.75. The Morgan fingerprint density at radius 1 is 1.53 bits per heavy atom. The van der Waals surface area contributed by atoms with Crippen molar-refractivity contribution in [3.05, 3.63) is 0 Å². The fourth-order valence-corrected chi connectivity index (χ4v) is 3.23. The van der Waals surface area contributed by atoms with Crippen molar-refractivity contribution in [2.75, 3.05) is 26.0 Å². The smallest absolute Gasteiger partial charge is 0.220 e.